The van der Waals surface area contributed by atoms with Gasteiger partial charge < -0.3 is 19.8 Å². The number of rotatable bonds is 5. The average Bonchev–Trinajstić information content (AvgIpc) is 3.04. The lowest BCUT2D eigenvalue weighted by molar-refractivity contribution is -0.141. The van der Waals surface area contributed by atoms with Gasteiger partial charge in [-0.05, 0) is 19.1 Å². The highest BCUT2D eigenvalue weighted by molar-refractivity contribution is 5.80. The minimum Gasteiger partial charge on any atom is -0.496 e. The smallest absolute Gasteiger partial charge is 0.327 e. The molecule has 0 aliphatic heterocycles. The SMILES string of the molecule is COC(=O)C(C)Nc1ccc(-c2nc3ncncc3[nH]2)c(OC)c1. The summed E-state index contributed by atoms with van der Waals surface area (Å²) in [6.45, 7) is 1.73. The molecule has 8 heteroatoms. The highest BCUT2D eigenvalue weighted by Gasteiger charge is 2.15. The largest absolute Gasteiger partial charge is 0.496 e. The maximum absolute atomic E-state index is 11.5. The Balaban J connectivity index is 1.93. The topological polar surface area (TPSA) is 102 Å². The van der Waals surface area contributed by atoms with Gasteiger partial charge in [-0.3, -0.25) is 0 Å². The average molecular weight is 327 g/mol. The van der Waals surface area contributed by atoms with Gasteiger partial charge in [-0.2, -0.15) is 0 Å². The summed E-state index contributed by atoms with van der Waals surface area (Å²) in [5.74, 6) is 0.910. The standard InChI is InChI=1S/C16H17N5O3/c1-9(16(22)24-3)19-10-4-5-11(13(6-10)23-2)14-20-12-7-17-8-18-15(12)21-14/h4-9,19H,1-3H3,(H,17,18,20,21). The highest BCUT2D eigenvalue weighted by Crippen LogP contribution is 2.31. The fraction of sp³-hybridized carbons (Fsp3) is 0.250. The van der Waals surface area contributed by atoms with E-state index in [1.165, 1.54) is 13.4 Å². The zero-order valence-corrected chi connectivity index (χ0v) is 13.5. The number of anilines is 1. The first-order valence-corrected chi connectivity index (χ1v) is 7.31. The van der Waals surface area contributed by atoms with Gasteiger partial charge in [0.15, 0.2) is 5.65 Å². The van der Waals surface area contributed by atoms with Gasteiger partial charge in [0.05, 0.1) is 26.0 Å². The number of aromatic nitrogens is 4. The molecule has 3 aromatic rings. The first-order valence-electron chi connectivity index (χ1n) is 7.31. The molecule has 0 spiro atoms. The second-order valence-corrected chi connectivity index (χ2v) is 5.15. The van der Waals surface area contributed by atoms with Crippen molar-refractivity contribution in [1.82, 2.24) is 19.9 Å². The van der Waals surface area contributed by atoms with Crippen LogP contribution in [0.1, 0.15) is 6.92 Å². The number of fused-ring (bicyclic) bond motifs is 1. The number of carbonyl (C=O) groups is 1. The van der Waals surface area contributed by atoms with Crippen molar-refractivity contribution in [2.75, 3.05) is 19.5 Å². The highest BCUT2D eigenvalue weighted by atomic mass is 16.5. The van der Waals surface area contributed by atoms with E-state index in [9.17, 15) is 4.79 Å². The van der Waals surface area contributed by atoms with Crippen LogP contribution in [0.4, 0.5) is 5.69 Å². The Bertz CT molecular complexity index is 844. The van der Waals surface area contributed by atoms with Gasteiger partial charge in [-0.25, -0.2) is 19.7 Å². The van der Waals surface area contributed by atoms with Gasteiger partial charge in [-0.15, -0.1) is 0 Å². The van der Waals surface area contributed by atoms with E-state index in [0.29, 0.717) is 17.2 Å². The molecular weight excluding hydrogens is 310 g/mol. The molecule has 0 aliphatic rings. The van der Waals surface area contributed by atoms with Crippen LogP contribution in [0.25, 0.3) is 22.6 Å². The molecule has 0 saturated heterocycles. The first-order chi connectivity index (χ1) is 11.6. The summed E-state index contributed by atoms with van der Waals surface area (Å²) < 4.78 is 10.2. The third-order valence-corrected chi connectivity index (χ3v) is 3.56. The minimum atomic E-state index is -0.466. The van der Waals surface area contributed by atoms with Crippen molar-refractivity contribution in [2.24, 2.45) is 0 Å². The number of esters is 1. The summed E-state index contributed by atoms with van der Waals surface area (Å²) >= 11 is 0. The lowest BCUT2D eigenvalue weighted by Gasteiger charge is -2.15. The van der Waals surface area contributed by atoms with Gasteiger partial charge in [0, 0.05) is 11.8 Å². The van der Waals surface area contributed by atoms with Crippen molar-refractivity contribution in [2.45, 2.75) is 13.0 Å². The number of nitrogens with one attached hydrogen (secondary N) is 2. The van der Waals surface area contributed by atoms with Crippen LogP contribution in [0.15, 0.2) is 30.7 Å². The zero-order chi connectivity index (χ0) is 17.1. The maximum Gasteiger partial charge on any atom is 0.327 e. The van der Waals surface area contributed by atoms with E-state index in [0.717, 1.165) is 16.8 Å². The molecular formula is C16H17N5O3. The first kappa shape index (κ1) is 15.7. The van der Waals surface area contributed by atoms with Gasteiger partial charge in [-0.1, -0.05) is 0 Å². The monoisotopic (exact) mass is 327 g/mol. The summed E-state index contributed by atoms with van der Waals surface area (Å²) in [5.41, 5.74) is 2.86. The van der Waals surface area contributed by atoms with Crippen molar-refractivity contribution in [3.05, 3.63) is 30.7 Å². The van der Waals surface area contributed by atoms with E-state index in [1.807, 2.05) is 12.1 Å². The predicted molar refractivity (Wildman–Crippen MR) is 88.8 cm³/mol. The number of benzene rings is 1. The molecule has 2 heterocycles. The van der Waals surface area contributed by atoms with Crippen molar-refractivity contribution >= 4 is 22.8 Å². The summed E-state index contributed by atoms with van der Waals surface area (Å²) in [6, 6.07) is 5.03. The minimum absolute atomic E-state index is 0.339. The zero-order valence-electron chi connectivity index (χ0n) is 13.5. The number of carbonyl (C=O) groups excluding carboxylic acids is 1. The van der Waals surface area contributed by atoms with Gasteiger partial charge in [0.2, 0.25) is 0 Å². The third-order valence-electron chi connectivity index (χ3n) is 3.56. The normalized spacial score (nSPS) is 12.0. The number of nitrogens with zero attached hydrogens (tertiary/aromatic N) is 3. The lowest BCUT2D eigenvalue weighted by atomic mass is 10.1. The third kappa shape index (κ3) is 2.98. The van der Waals surface area contributed by atoms with Crippen LogP contribution >= 0.6 is 0 Å². The Morgan fingerprint density at radius 2 is 2.17 bits per heavy atom. The van der Waals surface area contributed by atoms with E-state index in [4.69, 9.17) is 9.47 Å². The molecule has 0 radical (unpaired) electrons. The number of H-pyrrole nitrogens is 1. The van der Waals surface area contributed by atoms with Crippen molar-refractivity contribution in [3.8, 4) is 17.1 Å². The number of imidazole rings is 1. The van der Waals surface area contributed by atoms with E-state index < -0.39 is 6.04 Å². The molecule has 0 aliphatic carbocycles. The number of aromatic amines is 1. The quantitative estimate of drug-likeness (QED) is 0.691. The second kappa shape index (κ2) is 6.53. The molecule has 8 nitrogen and oxygen atoms in total. The molecule has 1 aromatic carbocycles. The fourth-order valence-electron chi connectivity index (χ4n) is 2.35. The van der Waals surface area contributed by atoms with E-state index in [2.05, 4.69) is 25.3 Å². The van der Waals surface area contributed by atoms with Gasteiger partial charge in [0.25, 0.3) is 0 Å². The van der Waals surface area contributed by atoms with Crippen LogP contribution in [0, 0.1) is 0 Å². The number of hydrogen-bond acceptors (Lipinski definition) is 7. The second-order valence-electron chi connectivity index (χ2n) is 5.15. The molecule has 0 saturated carbocycles. The Labute approximate surface area is 138 Å². The van der Waals surface area contributed by atoms with Crippen molar-refractivity contribution < 1.29 is 14.3 Å². The number of methoxy groups -OCH3 is 2. The maximum atomic E-state index is 11.5. The Hall–Kier alpha value is -3.16. The summed E-state index contributed by atoms with van der Waals surface area (Å²) in [6.07, 6.45) is 3.12. The predicted octanol–water partition coefficient (Wildman–Crippen LogP) is 2.00. The molecule has 1 unspecified atom stereocenters. The Kier molecular flexibility index (Phi) is 4.28. The summed E-state index contributed by atoms with van der Waals surface area (Å²) in [5, 5.41) is 3.07. The molecule has 1 atom stereocenters. The molecule has 0 bridgehead atoms. The van der Waals surface area contributed by atoms with Gasteiger partial charge >= 0.3 is 5.97 Å². The van der Waals surface area contributed by atoms with Crippen molar-refractivity contribution in [1.29, 1.82) is 0 Å². The number of ether oxygens (including phenoxy) is 2. The van der Waals surface area contributed by atoms with E-state index in [1.54, 1.807) is 26.3 Å². The summed E-state index contributed by atoms with van der Waals surface area (Å²) in [7, 11) is 2.93. The van der Waals surface area contributed by atoms with Gasteiger partial charge in [0.1, 0.15) is 29.5 Å². The lowest BCUT2D eigenvalue weighted by Crippen LogP contribution is -2.27. The van der Waals surface area contributed by atoms with Crippen LogP contribution in [-0.4, -0.2) is 46.2 Å². The number of hydrogen-bond donors (Lipinski definition) is 2. The van der Waals surface area contributed by atoms with E-state index in [-0.39, 0.29) is 5.97 Å². The molecule has 2 N–H and O–H groups in total. The molecule has 24 heavy (non-hydrogen) atoms. The van der Waals surface area contributed by atoms with Crippen LogP contribution in [0.3, 0.4) is 0 Å². The van der Waals surface area contributed by atoms with Crippen LogP contribution in [-0.2, 0) is 9.53 Å². The van der Waals surface area contributed by atoms with E-state index >= 15 is 0 Å². The fourth-order valence-corrected chi connectivity index (χ4v) is 2.35. The van der Waals surface area contributed by atoms with Crippen LogP contribution in [0.2, 0.25) is 0 Å². The van der Waals surface area contributed by atoms with Crippen molar-refractivity contribution in [3.63, 3.8) is 0 Å². The molecule has 2 aromatic heterocycles. The Morgan fingerprint density at radius 3 is 2.88 bits per heavy atom. The molecule has 3 rings (SSSR count). The molecule has 0 amide bonds. The van der Waals surface area contributed by atoms with Crippen LogP contribution in [0.5, 0.6) is 5.75 Å². The van der Waals surface area contributed by atoms with Crippen LogP contribution < -0.4 is 10.1 Å². The summed E-state index contributed by atoms with van der Waals surface area (Å²) in [4.78, 5) is 27.2. The Morgan fingerprint density at radius 1 is 1.33 bits per heavy atom. The molecule has 0 fully saturated rings. The molecule has 124 valence electrons.